The Bertz CT molecular complexity index is 451. The molecule has 5 nitrogen and oxygen atoms in total. The summed E-state index contributed by atoms with van der Waals surface area (Å²) in [6.07, 6.45) is -1.68. The molecule has 1 aromatic rings. The molecule has 2 atom stereocenters. The van der Waals surface area contributed by atoms with E-state index in [-0.39, 0.29) is 25.1 Å². The summed E-state index contributed by atoms with van der Waals surface area (Å²) in [4.78, 5) is 13.7. The van der Waals surface area contributed by atoms with Crippen LogP contribution < -0.4 is 4.74 Å². The quantitative estimate of drug-likeness (QED) is 0.842. The minimum atomic E-state index is -0.862. The van der Waals surface area contributed by atoms with Gasteiger partial charge in [0.05, 0.1) is 18.3 Å². The van der Waals surface area contributed by atoms with Crippen LogP contribution in [0.15, 0.2) is 24.3 Å². The Morgan fingerprint density at radius 1 is 1.32 bits per heavy atom. The molecule has 1 amide bonds. The zero-order valence-electron chi connectivity index (χ0n) is 11.1. The summed E-state index contributed by atoms with van der Waals surface area (Å²) in [7, 11) is 0. The van der Waals surface area contributed by atoms with Crippen molar-refractivity contribution >= 4 is 5.91 Å². The molecular formula is C14H19NO4. The van der Waals surface area contributed by atoms with Crippen LogP contribution >= 0.6 is 0 Å². The van der Waals surface area contributed by atoms with Gasteiger partial charge in [-0.05, 0) is 32.0 Å². The van der Waals surface area contributed by atoms with Crippen molar-refractivity contribution in [1.82, 2.24) is 4.90 Å². The van der Waals surface area contributed by atoms with Gasteiger partial charge in [0.1, 0.15) is 5.75 Å². The van der Waals surface area contributed by atoms with E-state index in [9.17, 15) is 15.0 Å². The van der Waals surface area contributed by atoms with E-state index in [1.54, 1.807) is 24.3 Å². The number of ether oxygens (including phenoxy) is 1. The van der Waals surface area contributed by atoms with Gasteiger partial charge in [0.15, 0.2) is 0 Å². The number of rotatable bonds is 3. The fourth-order valence-corrected chi connectivity index (χ4v) is 2.09. The summed E-state index contributed by atoms with van der Waals surface area (Å²) in [5.41, 5.74) is 0.499. The summed E-state index contributed by atoms with van der Waals surface area (Å²) in [6.45, 7) is 4.16. The molecule has 0 unspecified atom stereocenters. The summed E-state index contributed by atoms with van der Waals surface area (Å²) < 4.78 is 5.54. The molecule has 1 aliphatic rings. The van der Waals surface area contributed by atoms with E-state index in [1.165, 1.54) is 4.90 Å². The maximum Gasteiger partial charge on any atom is 0.254 e. The normalized spacial score (nSPS) is 22.9. The molecule has 1 fully saturated rings. The smallest absolute Gasteiger partial charge is 0.254 e. The zero-order chi connectivity index (χ0) is 14.0. The first kappa shape index (κ1) is 13.8. The molecule has 104 valence electrons. The molecule has 1 aromatic carbocycles. The number of carbonyl (C=O) groups is 1. The molecular weight excluding hydrogens is 246 g/mol. The number of carbonyl (C=O) groups excluding carboxylic acids is 1. The zero-order valence-corrected chi connectivity index (χ0v) is 11.1. The minimum absolute atomic E-state index is 0.0424. The maximum atomic E-state index is 12.2. The van der Waals surface area contributed by atoms with Crippen molar-refractivity contribution in [2.24, 2.45) is 0 Å². The molecule has 0 radical (unpaired) electrons. The molecule has 0 aromatic heterocycles. The van der Waals surface area contributed by atoms with Gasteiger partial charge in [-0.2, -0.15) is 0 Å². The first-order valence-corrected chi connectivity index (χ1v) is 6.39. The van der Waals surface area contributed by atoms with Gasteiger partial charge in [-0.1, -0.05) is 6.07 Å². The number of nitrogens with zero attached hydrogens (tertiary/aromatic N) is 1. The van der Waals surface area contributed by atoms with Gasteiger partial charge < -0.3 is 19.8 Å². The van der Waals surface area contributed by atoms with Crippen LogP contribution in [0.1, 0.15) is 24.2 Å². The summed E-state index contributed by atoms with van der Waals surface area (Å²) in [5.74, 6) is 0.436. The van der Waals surface area contributed by atoms with Gasteiger partial charge in [0.25, 0.3) is 5.91 Å². The summed E-state index contributed by atoms with van der Waals surface area (Å²) >= 11 is 0. The third kappa shape index (κ3) is 3.24. The molecule has 0 bridgehead atoms. The standard InChI is InChI=1S/C14H19NO4/c1-9(2)19-11-5-3-4-10(6-11)14(18)15-7-12(16)13(17)8-15/h3-6,9,12-13,16-17H,7-8H2,1-2H3/t12-,13+. The minimum Gasteiger partial charge on any atom is -0.491 e. The number of hydrogen-bond donors (Lipinski definition) is 2. The van der Waals surface area contributed by atoms with Crippen molar-refractivity contribution in [2.75, 3.05) is 13.1 Å². The number of aliphatic hydroxyl groups excluding tert-OH is 2. The Morgan fingerprint density at radius 3 is 2.53 bits per heavy atom. The number of benzene rings is 1. The summed E-state index contributed by atoms with van der Waals surface area (Å²) in [5, 5.41) is 18.9. The first-order chi connectivity index (χ1) is 8.97. The molecule has 0 aliphatic carbocycles. The predicted octanol–water partition coefficient (Wildman–Crippen LogP) is 0.651. The van der Waals surface area contributed by atoms with Crippen molar-refractivity contribution in [1.29, 1.82) is 0 Å². The number of aliphatic hydroxyl groups is 2. The van der Waals surface area contributed by atoms with Gasteiger partial charge in [-0.3, -0.25) is 4.79 Å². The molecule has 19 heavy (non-hydrogen) atoms. The van der Waals surface area contributed by atoms with Crippen LogP contribution in [0.5, 0.6) is 5.75 Å². The average Bonchev–Trinajstić information content (AvgIpc) is 2.68. The SMILES string of the molecule is CC(C)Oc1cccc(C(=O)N2C[C@@H](O)[C@@H](O)C2)c1. The lowest BCUT2D eigenvalue weighted by Crippen LogP contribution is -2.29. The Kier molecular flexibility index (Phi) is 4.07. The van der Waals surface area contributed by atoms with Crippen molar-refractivity contribution < 1.29 is 19.7 Å². The molecule has 1 saturated heterocycles. The van der Waals surface area contributed by atoms with E-state index >= 15 is 0 Å². The largest absolute Gasteiger partial charge is 0.491 e. The van der Waals surface area contributed by atoms with Crippen LogP contribution in [0.4, 0.5) is 0 Å². The Hall–Kier alpha value is -1.59. The molecule has 1 heterocycles. The highest BCUT2D eigenvalue weighted by Gasteiger charge is 2.32. The van der Waals surface area contributed by atoms with Gasteiger partial charge in [0, 0.05) is 18.7 Å². The second-order valence-electron chi connectivity index (χ2n) is 5.04. The Morgan fingerprint density at radius 2 is 1.95 bits per heavy atom. The Balaban J connectivity index is 2.11. The fraction of sp³-hybridized carbons (Fsp3) is 0.500. The van der Waals surface area contributed by atoms with Gasteiger partial charge in [-0.15, -0.1) is 0 Å². The third-order valence-corrected chi connectivity index (χ3v) is 3.00. The van der Waals surface area contributed by atoms with Crippen molar-refractivity contribution in [3.63, 3.8) is 0 Å². The van der Waals surface area contributed by atoms with Gasteiger partial charge in [-0.25, -0.2) is 0 Å². The lowest BCUT2D eigenvalue weighted by Gasteiger charge is -2.16. The van der Waals surface area contributed by atoms with E-state index in [0.29, 0.717) is 11.3 Å². The lowest BCUT2D eigenvalue weighted by molar-refractivity contribution is 0.0572. The van der Waals surface area contributed by atoms with Crippen LogP contribution in [0.2, 0.25) is 0 Å². The molecule has 2 N–H and O–H groups in total. The fourth-order valence-electron chi connectivity index (χ4n) is 2.09. The second-order valence-corrected chi connectivity index (χ2v) is 5.04. The third-order valence-electron chi connectivity index (χ3n) is 3.00. The maximum absolute atomic E-state index is 12.2. The molecule has 5 heteroatoms. The average molecular weight is 265 g/mol. The highest BCUT2D eigenvalue weighted by atomic mass is 16.5. The van der Waals surface area contributed by atoms with E-state index in [0.717, 1.165) is 0 Å². The molecule has 0 saturated carbocycles. The van der Waals surface area contributed by atoms with Gasteiger partial charge in [0.2, 0.25) is 0 Å². The summed E-state index contributed by atoms with van der Waals surface area (Å²) in [6, 6.07) is 6.93. The number of β-amino-alcohol motifs (C(OH)–C–C–N with tert-alkyl or cyclic N) is 2. The predicted molar refractivity (Wildman–Crippen MR) is 70.1 cm³/mol. The van der Waals surface area contributed by atoms with Crippen molar-refractivity contribution in [3.8, 4) is 5.75 Å². The van der Waals surface area contributed by atoms with Crippen LogP contribution in [0, 0.1) is 0 Å². The number of hydrogen-bond acceptors (Lipinski definition) is 4. The number of likely N-dealkylation sites (tertiary alicyclic amines) is 1. The van der Waals surface area contributed by atoms with Crippen LogP contribution in [0.25, 0.3) is 0 Å². The highest BCUT2D eigenvalue weighted by Crippen LogP contribution is 2.19. The van der Waals surface area contributed by atoms with Crippen molar-refractivity contribution in [2.45, 2.75) is 32.2 Å². The van der Waals surface area contributed by atoms with E-state index < -0.39 is 12.2 Å². The van der Waals surface area contributed by atoms with E-state index in [2.05, 4.69) is 0 Å². The molecule has 1 aliphatic heterocycles. The van der Waals surface area contributed by atoms with Crippen molar-refractivity contribution in [3.05, 3.63) is 29.8 Å². The van der Waals surface area contributed by atoms with Crippen LogP contribution in [-0.2, 0) is 0 Å². The van der Waals surface area contributed by atoms with Crippen LogP contribution in [-0.4, -0.2) is 52.4 Å². The lowest BCUT2D eigenvalue weighted by atomic mass is 10.2. The second kappa shape index (κ2) is 5.59. The topological polar surface area (TPSA) is 70.0 Å². The first-order valence-electron chi connectivity index (χ1n) is 6.39. The monoisotopic (exact) mass is 265 g/mol. The highest BCUT2D eigenvalue weighted by molar-refractivity contribution is 5.94. The molecule has 2 rings (SSSR count). The van der Waals surface area contributed by atoms with Gasteiger partial charge >= 0.3 is 0 Å². The van der Waals surface area contributed by atoms with Crippen LogP contribution in [0.3, 0.4) is 0 Å². The van der Waals surface area contributed by atoms with E-state index in [4.69, 9.17) is 4.74 Å². The molecule has 0 spiro atoms. The van der Waals surface area contributed by atoms with E-state index in [1.807, 2.05) is 13.8 Å². The Labute approximate surface area is 112 Å². The number of amides is 1.